The van der Waals surface area contributed by atoms with Crippen LogP contribution in [-0.4, -0.2) is 50.4 Å². The lowest BCUT2D eigenvalue weighted by Crippen LogP contribution is -2.53. The van der Waals surface area contributed by atoms with Gasteiger partial charge in [-0.3, -0.25) is 13.9 Å². The summed E-state index contributed by atoms with van der Waals surface area (Å²) < 4.78 is 35.3. The van der Waals surface area contributed by atoms with Crippen molar-refractivity contribution in [3.63, 3.8) is 0 Å². The summed E-state index contributed by atoms with van der Waals surface area (Å²) in [7, 11) is -4.12. The number of sulfonamides is 1. The number of halogens is 1. The van der Waals surface area contributed by atoms with Crippen molar-refractivity contribution < 1.29 is 22.7 Å². The van der Waals surface area contributed by atoms with Gasteiger partial charge in [0.15, 0.2) is 0 Å². The molecule has 2 amide bonds. The van der Waals surface area contributed by atoms with Crippen molar-refractivity contribution in [1.82, 2.24) is 10.2 Å². The lowest BCUT2D eigenvalue weighted by atomic mass is 9.95. The van der Waals surface area contributed by atoms with E-state index in [1.165, 1.54) is 17.0 Å². The lowest BCUT2D eigenvalue weighted by molar-refractivity contribution is -0.139. The summed E-state index contributed by atoms with van der Waals surface area (Å²) >= 11 is 3.48. The molecule has 0 heterocycles. The SMILES string of the molecule is CCOc1ccc(N(CC(=O)N(Cc2cccc(Br)c2)[C@H](C)C(=O)NC2CCCCC2)S(=O)(=O)c2ccccc2)cc1. The molecule has 1 fully saturated rings. The lowest BCUT2D eigenvalue weighted by Gasteiger charge is -2.33. The molecule has 4 rings (SSSR count). The number of anilines is 1. The van der Waals surface area contributed by atoms with Gasteiger partial charge in [-0.2, -0.15) is 0 Å². The van der Waals surface area contributed by atoms with Crippen molar-refractivity contribution in [2.75, 3.05) is 17.5 Å². The quantitative estimate of drug-likeness (QED) is 0.262. The van der Waals surface area contributed by atoms with E-state index in [0.717, 1.165) is 46.4 Å². The molecule has 1 saturated carbocycles. The topological polar surface area (TPSA) is 96.0 Å². The summed E-state index contributed by atoms with van der Waals surface area (Å²) in [5, 5.41) is 3.12. The van der Waals surface area contributed by atoms with Gasteiger partial charge in [0.25, 0.3) is 10.0 Å². The van der Waals surface area contributed by atoms with Gasteiger partial charge >= 0.3 is 0 Å². The Labute approximate surface area is 257 Å². The highest BCUT2D eigenvalue weighted by molar-refractivity contribution is 9.10. The number of hydrogen-bond donors (Lipinski definition) is 1. The standard InChI is InChI=1S/C32H38BrN3O5S/c1-3-41-29-19-17-28(18-20-29)36(42(39,40)30-15-8-5-9-16-30)23-31(37)35(22-25-11-10-12-26(33)21-25)24(2)32(38)34-27-13-6-4-7-14-27/h5,8-12,15-21,24,27H,3-4,6-7,13-14,22-23H2,1-2H3,(H,34,38)/t24-/m1/s1. The molecule has 0 radical (unpaired) electrons. The van der Waals surface area contributed by atoms with E-state index in [9.17, 15) is 18.0 Å². The Hall–Kier alpha value is -3.37. The van der Waals surface area contributed by atoms with Crippen LogP contribution in [0.25, 0.3) is 0 Å². The molecule has 1 aliphatic carbocycles. The van der Waals surface area contributed by atoms with Gasteiger partial charge in [0, 0.05) is 17.1 Å². The predicted octanol–water partition coefficient (Wildman–Crippen LogP) is 5.91. The smallest absolute Gasteiger partial charge is 0.264 e. The molecule has 8 nitrogen and oxygen atoms in total. The summed E-state index contributed by atoms with van der Waals surface area (Å²) in [5.41, 5.74) is 1.13. The Bertz CT molecular complexity index is 1440. The highest BCUT2D eigenvalue weighted by atomic mass is 79.9. The van der Waals surface area contributed by atoms with Crippen LogP contribution in [0.1, 0.15) is 51.5 Å². The third-order valence-electron chi connectivity index (χ3n) is 7.41. The van der Waals surface area contributed by atoms with E-state index < -0.39 is 28.5 Å². The first kappa shape index (κ1) is 31.6. The summed E-state index contributed by atoms with van der Waals surface area (Å²) in [5.74, 6) is -0.146. The second-order valence-corrected chi connectivity index (χ2v) is 13.2. The fourth-order valence-electron chi connectivity index (χ4n) is 5.11. The normalized spacial score (nSPS) is 14.5. The van der Waals surface area contributed by atoms with Crippen LogP contribution >= 0.6 is 15.9 Å². The summed E-state index contributed by atoms with van der Waals surface area (Å²) in [6.07, 6.45) is 5.12. The van der Waals surface area contributed by atoms with Crippen molar-refractivity contribution in [3.05, 3.63) is 88.9 Å². The number of benzene rings is 3. The molecule has 1 aliphatic rings. The van der Waals surface area contributed by atoms with E-state index in [1.807, 2.05) is 31.2 Å². The van der Waals surface area contributed by atoms with Crippen molar-refractivity contribution in [3.8, 4) is 5.75 Å². The Morgan fingerprint density at radius 2 is 1.67 bits per heavy atom. The first-order chi connectivity index (χ1) is 20.2. The van der Waals surface area contributed by atoms with Gasteiger partial charge in [-0.25, -0.2) is 8.42 Å². The van der Waals surface area contributed by atoms with Crippen molar-refractivity contribution in [2.45, 2.75) is 69.5 Å². The van der Waals surface area contributed by atoms with Gasteiger partial charge in [-0.15, -0.1) is 0 Å². The zero-order valence-corrected chi connectivity index (χ0v) is 26.4. The summed E-state index contributed by atoms with van der Waals surface area (Å²) in [6.45, 7) is 3.68. The molecular formula is C32H38BrN3O5S. The zero-order valence-electron chi connectivity index (χ0n) is 24.0. The van der Waals surface area contributed by atoms with Gasteiger partial charge in [-0.1, -0.05) is 65.5 Å². The van der Waals surface area contributed by atoms with Gasteiger partial charge < -0.3 is 15.0 Å². The largest absolute Gasteiger partial charge is 0.494 e. The third kappa shape index (κ3) is 8.13. The maximum atomic E-state index is 14.1. The molecule has 3 aromatic carbocycles. The molecule has 1 atom stereocenters. The predicted molar refractivity (Wildman–Crippen MR) is 168 cm³/mol. The van der Waals surface area contributed by atoms with E-state index in [1.54, 1.807) is 49.4 Å². The average molecular weight is 657 g/mol. The third-order valence-corrected chi connectivity index (χ3v) is 9.69. The van der Waals surface area contributed by atoms with Crippen molar-refractivity contribution in [2.24, 2.45) is 0 Å². The number of nitrogens with one attached hydrogen (secondary N) is 1. The van der Waals surface area contributed by atoms with Crippen molar-refractivity contribution >= 4 is 43.5 Å². The molecule has 0 saturated heterocycles. The molecule has 0 spiro atoms. The highest BCUT2D eigenvalue weighted by Crippen LogP contribution is 2.27. The van der Waals surface area contributed by atoms with Crippen LogP contribution in [0.15, 0.2) is 88.2 Å². The number of rotatable bonds is 12. The summed E-state index contributed by atoms with van der Waals surface area (Å²) in [4.78, 5) is 29.1. The fourth-order valence-corrected chi connectivity index (χ4v) is 6.99. The van der Waals surface area contributed by atoms with Gasteiger partial charge in [0.05, 0.1) is 17.2 Å². The van der Waals surface area contributed by atoms with Crippen LogP contribution in [0.5, 0.6) is 5.75 Å². The summed E-state index contributed by atoms with van der Waals surface area (Å²) in [6, 6.07) is 21.4. The van der Waals surface area contributed by atoms with Crippen molar-refractivity contribution in [1.29, 1.82) is 0 Å². The molecule has 42 heavy (non-hydrogen) atoms. The van der Waals surface area contributed by atoms with Crippen LogP contribution in [0.4, 0.5) is 5.69 Å². The maximum absolute atomic E-state index is 14.1. The average Bonchev–Trinajstić information content (AvgIpc) is 3.00. The number of amides is 2. The zero-order chi connectivity index (χ0) is 30.1. The molecule has 0 unspecified atom stereocenters. The molecule has 224 valence electrons. The fraction of sp³-hybridized carbons (Fsp3) is 0.375. The monoisotopic (exact) mass is 655 g/mol. The highest BCUT2D eigenvalue weighted by Gasteiger charge is 2.33. The van der Waals surface area contributed by atoms with E-state index in [0.29, 0.717) is 18.0 Å². The Morgan fingerprint density at radius 1 is 0.976 bits per heavy atom. The van der Waals surface area contributed by atoms with Crippen LogP contribution in [0, 0.1) is 0 Å². The van der Waals surface area contributed by atoms with Crippen LogP contribution in [0.2, 0.25) is 0 Å². The van der Waals surface area contributed by atoms with Gasteiger partial charge in [0.1, 0.15) is 18.3 Å². The number of nitrogens with zero attached hydrogens (tertiary/aromatic N) is 2. The Kier molecular flexibility index (Phi) is 11.0. The minimum atomic E-state index is -4.12. The number of carbonyl (C=O) groups excluding carboxylic acids is 2. The number of carbonyl (C=O) groups is 2. The van der Waals surface area contributed by atoms with E-state index in [2.05, 4.69) is 21.2 Å². The molecule has 10 heteroatoms. The second-order valence-electron chi connectivity index (χ2n) is 10.4. The molecule has 1 N–H and O–H groups in total. The van der Waals surface area contributed by atoms with Crippen LogP contribution in [0.3, 0.4) is 0 Å². The molecule has 3 aromatic rings. The van der Waals surface area contributed by atoms with E-state index in [-0.39, 0.29) is 23.4 Å². The molecule has 0 bridgehead atoms. The van der Waals surface area contributed by atoms with Crippen LogP contribution in [-0.2, 0) is 26.2 Å². The van der Waals surface area contributed by atoms with E-state index >= 15 is 0 Å². The van der Waals surface area contributed by atoms with Gasteiger partial charge in [-0.05, 0) is 80.8 Å². The van der Waals surface area contributed by atoms with E-state index in [4.69, 9.17) is 4.74 Å². The maximum Gasteiger partial charge on any atom is 0.264 e. The Morgan fingerprint density at radius 3 is 2.31 bits per heavy atom. The minimum absolute atomic E-state index is 0.0633. The Balaban J connectivity index is 1.67. The first-order valence-electron chi connectivity index (χ1n) is 14.3. The number of ether oxygens (including phenoxy) is 1. The number of hydrogen-bond acceptors (Lipinski definition) is 5. The first-order valence-corrected chi connectivity index (χ1v) is 16.6. The minimum Gasteiger partial charge on any atom is -0.494 e. The van der Waals surface area contributed by atoms with Crippen LogP contribution < -0.4 is 14.4 Å². The van der Waals surface area contributed by atoms with Gasteiger partial charge in [0.2, 0.25) is 11.8 Å². The molecule has 0 aromatic heterocycles. The molecular weight excluding hydrogens is 618 g/mol. The second kappa shape index (κ2) is 14.7. The molecule has 0 aliphatic heterocycles.